The van der Waals surface area contributed by atoms with Crippen LogP contribution < -0.4 is 0 Å². The number of rotatable bonds is 3. The number of allylic oxidation sites excluding steroid dienone is 6. The van der Waals surface area contributed by atoms with Crippen LogP contribution >= 0.6 is 0 Å². The minimum Gasteiger partial charge on any atom is -0.298 e. The summed E-state index contributed by atoms with van der Waals surface area (Å²) in [6.07, 6.45) is 10.6. The first kappa shape index (κ1) is 13.5. The van der Waals surface area contributed by atoms with Gasteiger partial charge in [-0.1, -0.05) is 56.4 Å². The third kappa shape index (κ3) is 2.76. The molecule has 0 bridgehead atoms. The predicted octanol–water partition coefficient (Wildman–Crippen LogP) is 4.73. The van der Waals surface area contributed by atoms with Gasteiger partial charge in [0.15, 0.2) is 6.29 Å². The first-order valence-corrected chi connectivity index (χ1v) is 6.82. The second kappa shape index (κ2) is 5.83. The lowest BCUT2D eigenvalue weighted by Crippen LogP contribution is -1.99. The Labute approximate surface area is 115 Å². The lowest BCUT2D eigenvalue weighted by atomic mass is 9.88. The van der Waals surface area contributed by atoms with E-state index in [2.05, 4.69) is 51.1 Å². The van der Waals surface area contributed by atoms with E-state index in [9.17, 15) is 4.79 Å². The summed E-state index contributed by atoms with van der Waals surface area (Å²) in [5.41, 5.74) is 5.49. The quantitative estimate of drug-likeness (QED) is 0.710. The van der Waals surface area contributed by atoms with Crippen molar-refractivity contribution in [1.29, 1.82) is 0 Å². The van der Waals surface area contributed by atoms with Crippen LogP contribution in [-0.4, -0.2) is 6.29 Å². The Balaban J connectivity index is 2.63. The molecule has 1 atom stereocenters. The Morgan fingerprint density at radius 2 is 2.11 bits per heavy atom. The molecule has 1 aliphatic carbocycles. The zero-order valence-electron chi connectivity index (χ0n) is 11.8. The highest BCUT2D eigenvalue weighted by molar-refractivity contribution is 5.92. The lowest BCUT2D eigenvalue weighted by molar-refractivity contribution is 0.112. The van der Waals surface area contributed by atoms with Crippen LogP contribution in [0.4, 0.5) is 0 Å². The molecule has 1 unspecified atom stereocenters. The smallest absolute Gasteiger partial charge is 0.150 e. The predicted molar refractivity (Wildman–Crippen MR) is 81.2 cm³/mol. The Morgan fingerprint density at radius 3 is 2.79 bits per heavy atom. The van der Waals surface area contributed by atoms with Crippen molar-refractivity contribution < 1.29 is 4.79 Å². The molecule has 0 amide bonds. The van der Waals surface area contributed by atoms with E-state index in [1.54, 1.807) is 0 Å². The van der Waals surface area contributed by atoms with Gasteiger partial charge in [0, 0.05) is 5.56 Å². The summed E-state index contributed by atoms with van der Waals surface area (Å²) in [7, 11) is 0. The van der Waals surface area contributed by atoms with Crippen LogP contribution in [0.5, 0.6) is 0 Å². The molecule has 1 aromatic carbocycles. The van der Waals surface area contributed by atoms with E-state index in [4.69, 9.17) is 0 Å². The number of carbonyl (C=O) groups is 1. The molecular weight excluding hydrogens is 232 g/mol. The minimum absolute atomic E-state index is 0.437. The van der Waals surface area contributed by atoms with Crippen LogP contribution in [0.3, 0.4) is 0 Å². The molecule has 0 aliphatic heterocycles. The van der Waals surface area contributed by atoms with Crippen LogP contribution in [0.2, 0.25) is 0 Å². The van der Waals surface area contributed by atoms with Crippen LogP contribution in [0.1, 0.15) is 41.8 Å². The molecule has 1 nitrogen and oxygen atoms in total. The molecule has 2 rings (SSSR count). The third-order valence-corrected chi connectivity index (χ3v) is 3.57. The van der Waals surface area contributed by atoms with Gasteiger partial charge in [-0.15, -0.1) is 0 Å². The van der Waals surface area contributed by atoms with Gasteiger partial charge in [0.25, 0.3) is 0 Å². The van der Waals surface area contributed by atoms with Crippen molar-refractivity contribution in [3.05, 3.63) is 64.8 Å². The molecule has 0 aromatic heterocycles. The van der Waals surface area contributed by atoms with E-state index in [-0.39, 0.29) is 0 Å². The maximum absolute atomic E-state index is 11.3. The fraction of sp³-hybridized carbons (Fsp3) is 0.278. The maximum Gasteiger partial charge on any atom is 0.150 e. The van der Waals surface area contributed by atoms with Crippen molar-refractivity contribution in [3.63, 3.8) is 0 Å². The standard InChI is InChI=1S/C18H20O/c1-4-15-11-13(2)7-5-10-17(15)18-14(3)8-6-9-16(18)12-19/h5-13H,4H2,1-3H3. The minimum atomic E-state index is 0.437. The average molecular weight is 252 g/mol. The van der Waals surface area contributed by atoms with E-state index in [0.29, 0.717) is 5.92 Å². The van der Waals surface area contributed by atoms with Gasteiger partial charge in [-0.3, -0.25) is 4.79 Å². The molecule has 0 N–H and O–H groups in total. The van der Waals surface area contributed by atoms with Crippen molar-refractivity contribution in [2.75, 3.05) is 0 Å². The van der Waals surface area contributed by atoms with Gasteiger partial charge >= 0.3 is 0 Å². The fourth-order valence-corrected chi connectivity index (χ4v) is 2.61. The summed E-state index contributed by atoms with van der Waals surface area (Å²) < 4.78 is 0. The second-order valence-corrected chi connectivity index (χ2v) is 5.03. The van der Waals surface area contributed by atoms with Crippen molar-refractivity contribution in [2.45, 2.75) is 27.2 Å². The first-order chi connectivity index (χ1) is 9.17. The summed E-state index contributed by atoms with van der Waals surface area (Å²) in [4.78, 5) is 11.3. The molecule has 1 aliphatic rings. The SMILES string of the molecule is CCC1=CC(C)C=CC=C1c1c(C)cccc1C=O. The topological polar surface area (TPSA) is 17.1 Å². The molecule has 98 valence electrons. The van der Waals surface area contributed by atoms with Crippen LogP contribution in [0.15, 0.2) is 48.1 Å². The van der Waals surface area contributed by atoms with Gasteiger partial charge in [0.05, 0.1) is 0 Å². The first-order valence-electron chi connectivity index (χ1n) is 6.82. The molecule has 1 heteroatoms. The number of hydrogen-bond donors (Lipinski definition) is 0. The molecule has 1 aromatic rings. The highest BCUT2D eigenvalue weighted by Gasteiger charge is 2.14. The van der Waals surface area contributed by atoms with Gasteiger partial charge in [-0.05, 0) is 41.5 Å². The molecule has 0 saturated heterocycles. The highest BCUT2D eigenvalue weighted by Crippen LogP contribution is 2.32. The highest BCUT2D eigenvalue weighted by atomic mass is 16.1. The van der Waals surface area contributed by atoms with E-state index >= 15 is 0 Å². The summed E-state index contributed by atoms with van der Waals surface area (Å²) >= 11 is 0. The monoisotopic (exact) mass is 252 g/mol. The molecule has 0 heterocycles. The molecule has 19 heavy (non-hydrogen) atoms. The lowest BCUT2D eigenvalue weighted by Gasteiger charge is -2.15. The Morgan fingerprint density at radius 1 is 1.32 bits per heavy atom. The molecule has 0 radical (unpaired) electrons. The van der Waals surface area contributed by atoms with Crippen molar-refractivity contribution in [3.8, 4) is 0 Å². The van der Waals surface area contributed by atoms with Gasteiger partial charge in [-0.25, -0.2) is 0 Å². The molecule has 0 fully saturated rings. The summed E-state index contributed by atoms with van der Waals surface area (Å²) in [6, 6.07) is 5.89. The van der Waals surface area contributed by atoms with Crippen molar-refractivity contribution in [1.82, 2.24) is 0 Å². The summed E-state index contributed by atoms with van der Waals surface area (Å²) in [5, 5.41) is 0. The summed E-state index contributed by atoms with van der Waals surface area (Å²) in [5.74, 6) is 0.437. The summed E-state index contributed by atoms with van der Waals surface area (Å²) in [6.45, 7) is 6.41. The third-order valence-electron chi connectivity index (χ3n) is 3.57. The van der Waals surface area contributed by atoms with Crippen LogP contribution in [-0.2, 0) is 0 Å². The van der Waals surface area contributed by atoms with Gasteiger partial charge in [0.2, 0.25) is 0 Å². The fourth-order valence-electron chi connectivity index (χ4n) is 2.61. The zero-order chi connectivity index (χ0) is 13.8. The Hall–Kier alpha value is -1.89. The van der Waals surface area contributed by atoms with E-state index < -0.39 is 0 Å². The molecule has 0 saturated carbocycles. The maximum atomic E-state index is 11.3. The van der Waals surface area contributed by atoms with E-state index in [0.717, 1.165) is 29.4 Å². The second-order valence-electron chi connectivity index (χ2n) is 5.03. The van der Waals surface area contributed by atoms with Crippen molar-refractivity contribution >= 4 is 11.9 Å². The van der Waals surface area contributed by atoms with Gasteiger partial charge in [0.1, 0.15) is 0 Å². The van der Waals surface area contributed by atoms with Gasteiger partial charge < -0.3 is 0 Å². The number of aryl methyl sites for hydroxylation is 1. The van der Waals surface area contributed by atoms with E-state index in [1.165, 1.54) is 11.1 Å². The van der Waals surface area contributed by atoms with E-state index in [1.807, 2.05) is 12.1 Å². The number of carbonyl (C=O) groups excluding carboxylic acids is 1. The number of aldehydes is 1. The Bertz CT molecular complexity index is 573. The number of benzene rings is 1. The van der Waals surface area contributed by atoms with Crippen LogP contribution in [0.25, 0.3) is 5.57 Å². The van der Waals surface area contributed by atoms with Crippen molar-refractivity contribution in [2.24, 2.45) is 5.92 Å². The molecule has 0 spiro atoms. The average Bonchev–Trinajstić information content (AvgIpc) is 2.59. The largest absolute Gasteiger partial charge is 0.298 e. The van der Waals surface area contributed by atoms with Gasteiger partial charge in [-0.2, -0.15) is 0 Å². The zero-order valence-corrected chi connectivity index (χ0v) is 11.8. The number of hydrogen-bond acceptors (Lipinski definition) is 1. The van der Waals surface area contributed by atoms with Crippen LogP contribution in [0, 0.1) is 12.8 Å². The molecular formula is C18H20O. The normalized spacial score (nSPS) is 18.6. The Kier molecular flexibility index (Phi) is 4.16.